The molecule has 0 spiro atoms. The summed E-state index contributed by atoms with van der Waals surface area (Å²) in [6.45, 7) is 11.9. The molecule has 0 aliphatic carbocycles. The lowest BCUT2D eigenvalue weighted by atomic mass is 10.0. The van der Waals surface area contributed by atoms with Crippen LogP contribution in [0.25, 0.3) is 0 Å². The quantitative estimate of drug-likeness (QED) is 0.0376. The predicted octanol–water partition coefficient (Wildman–Crippen LogP) is 13.9. The maximum absolute atomic E-state index is 12.8. The fraction of sp³-hybridized carbons (Fsp3) is 0.957. The molecule has 0 aromatic carbocycles. The Hall–Kier alpha value is -0.790. The van der Waals surface area contributed by atoms with Crippen LogP contribution in [0, 0.1) is 0 Å². The van der Waals surface area contributed by atoms with Crippen molar-refractivity contribution in [2.75, 3.05) is 39.0 Å². The van der Waals surface area contributed by atoms with Gasteiger partial charge in [-0.1, -0.05) is 174 Å². The summed E-state index contributed by atoms with van der Waals surface area (Å²) in [5.74, 6) is 0.0305. The summed E-state index contributed by atoms with van der Waals surface area (Å²) in [6.07, 6.45) is 42.4. The van der Waals surface area contributed by atoms with Crippen molar-refractivity contribution in [3.8, 4) is 0 Å². The highest BCUT2D eigenvalue weighted by Gasteiger charge is 2.14. The molecule has 0 aliphatic heterocycles. The molecule has 0 aliphatic rings. The molecule has 6 nitrogen and oxygen atoms in total. The summed E-state index contributed by atoms with van der Waals surface area (Å²) in [7, 11) is 0. The van der Waals surface area contributed by atoms with Crippen molar-refractivity contribution in [3.63, 3.8) is 0 Å². The third-order valence-electron chi connectivity index (χ3n) is 10.7. The number of rotatable bonds is 44. The van der Waals surface area contributed by atoms with Gasteiger partial charge in [0.25, 0.3) is 0 Å². The molecule has 7 heteroatoms. The molecule has 0 aromatic rings. The van der Waals surface area contributed by atoms with Gasteiger partial charge in [-0.3, -0.25) is 14.3 Å². The second kappa shape index (κ2) is 43.9. The summed E-state index contributed by atoms with van der Waals surface area (Å²) in [5, 5.41) is 0. The molecule has 0 aromatic heterocycles. The van der Waals surface area contributed by atoms with Gasteiger partial charge in [0.05, 0.1) is 6.61 Å². The van der Waals surface area contributed by atoms with E-state index in [0.717, 1.165) is 58.0 Å². The van der Waals surface area contributed by atoms with Gasteiger partial charge in [0, 0.05) is 19.4 Å². The van der Waals surface area contributed by atoms with Crippen molar-refractivity contribution in [1.29, 1.82) is 0 Å². The van der Waals surface area contributed by atoms with Crippen LogP contribution in [-0.4, -0.2) is 62.0 Å². The second-order valence-electron chi connectivity index (χ2n) is 15.9. The fourth-order valence-corrected chi connectivity index (χ4v) is 7.56. The van der Waals surface area contributed by atoms with Crippen LogP contribution in [-0.2, 0) is 19.1 Å². The second-order valence-corrected chi connectivity index (χ2v) is 16.6. The van der Waals surface area contributed by atoms with Gasteiger partial charge in [-0.05, 0) is 90.1 Å². The van der Waals surface area contributed by atoms with E-state index >= 15 is 0 Å². The number of nitrogens with one attached hydrogen (secondary N) is 1. The smallest absolute Gasteiger partial charge is 0.306 e. The van der Waals surface area contributed by atoms with Crippen LogP contribution in [0.4, 0.5) is 0 Å². The van der Waals surface area contributed by atoms with Crippen LogP contribution >= 0.6 is 11.9 Å². The van der Waals surface area contributed by atoms with Crippen LogP contribution in [0.15, 0.2) is 0 Å². The maximum atomic E-state index is 12.8. The Balaban J connectivity index is 4.16. The van der Waals surface area contributed by atoms with Gasteiger partial charge in [-0.2, -0.15) is 0 Å². The van der Waals surface area contributed by atoms with E-state index in [1.807, 2.05) is 0 Å². The highest BCUT2D eigenvalue weighted by atomic mass is 32.2. The van der Waals surface area contributed by atoms with E-state index in [9.17, 15) is 9.59 Å². The number of esters is 2. The normalized spacial score (nSPS) is 11.6. The molecule has 53 heavy (non-hydrogen) atoms. The van der Waals surface area contributed by atoms with E-state index in [0.29, 0.717) is 19.4 Å². The van der Waals surface area contributed by atoms with E-state index in [4.69, 9.17) is 9.47 Å². The SMILES string of the molecule is CCCCCCCCCOC(=O)CCCCCCCN(CCCCCCCC(=O)OC(CCCCCCCC)CCCCCCCC)CCCNSC. The lowest BCUT2D eigenvalue weighted by Gasteiger charge is -2.22. The first kappa shape index (κ1) is 52.2. The minimum atomic E-state index is -0.00723. The van der Waals surface area contributed by atoms with Gasteiger partial charge in [-0.25, -0.2) is 0 Å². The standard InChI is InChI=1S/C46H92N2O4S/c1-5-8-11-14-17-26-33-43-51-45(49)37-29-22-18-24-31-40-48(42-34-39-47-53-4)41-32-25-19-23-30-38-46(50)52-44(35-27-20-15-12-9-6-2)36-28-21-16-13-10-7-3/h44,47H,5-43H2,1-4H3. The topological polar surface area (TPSA) is 67.9 Å². The largest absolute Gasteiger partial charge is 0.466 e. The highest BCUT2D eigenvalue weighted by Crippen LogP contribution is 2.18. The van der Waals surface area contributed by atoms with Crippen molar-refractivity contribution < 1.29 is 19.1 Å². The molecule has 0 heterocycles. The minimum absolute atomic E-state index is 0.00723. The van der Waals surface area contributed by atoms with E-state index < -0.39 is 0 Å². The van der Waals surface area contributed by atoms with E-state index in [2.05, 4.69) is 36.6 Å². The zero-order valence-corrected chi connectivity index (χ0v) is 37.0. The lowest BCUT2D eigenvalue weighted by molar-refractivity contribution is -0.150. The number of hydrogen-bond acceptors (Lipinski definition) is 7. The van der Waals surface area contributed by atoms with Crippen molar-refractivity contribution >= 4 is 23.9 Å². The number of nitrogens with zero attached hydrogens (tertiary/aromatic N) is 1. The summed E-state index contributed by atoms with van der Waals surface area (Å²) in [6, 6.07) is 0. The van der Waals surface area contributed by atoms with Gasteiger partial charge < -0.3 is 14.4 Å². The number of carbonyl (C=O) groups excluding carboxylic acids is 2. The third-order valence-corrected chi connectivity index (χ3v) is 11.2. The summed E-state index contributed by atoms with van der Waals surface area (Å²) < 4.78 is 14.9. The van der Waals surface area contributed by atoms with E-state index in [1.54, 1.807) is 11.9 Å². The summed E-state index contributed by atoms with van der Waals surface area (Å²) in [4.78, 5) is 27.5. The molecule has 1 N–H and O–H groups in total. The number of unbranched alkanes of at least 4 members (excludes halogenated alkanes) is 24. The Morgan fingerprint density at radius 2 is 0.887 bits per heavy atom. The lowest BCUT2D eigenvalue weighted by Crippen LogP contribution is -2.28. The van der Waals surface area contributed by atoms with Crippen LogP contribution in [0.3, 0.4) is 0 Å². The van der Waals surface area contributed by atoms with Gasteiger partial charge in [0.1, 0.15) is 6.10 Å². The molecule has 316 valence electrons. The molecule has 0 unspecified atom stereocenters. The highest BCUT2D eigenvalue weighted by molar-refractivity contribution is 7.96. The first-order valence-electron chi connectivity index (χ1n) is 23.4. The van der Waals surface area contributed by atoms with Gasteiger partial charge in [-0.15, -0.1) is 0 Å². The maximum Gasteiger partial charge on any atom is 0.306 e. The monoisotopic (exact) mass is 769 g/mol. The van der Waals surface area contributed by atoms with E-state index in [1.165, 1.54) is 174 Å². The third kappa shape index (κ3) is 40.7. The van der Waals surface area contributed by atoms with Crippen molar-refractivity contribution in [2.24, 2.45) is 0 Å². The van der Waals surface area contributed by atoms with Gasteiger partial charge in [0.2, 0.25) is 0 Å². The molecular weight excluding hydrogens is 677 g/mol. The number of ether oxygens (including phenoxy) is 2. The zero-order chi connectivity index (χ0) is 38.7. The summed E-state index contributed by atoms with van der Waals surface area (Å²) >= 11 is 1.71. The van der Waals surface area contributed by atoms with E-state index in [-0.39, 0.29) is 18.0 Å². The van der Waals surface area contributed by atoms with Crippen LogP contribution in [0.1, 0.15) is 239 Å². The first-order chi connectivity index (χ1) is 26.1. The molecule has 0 amide bonds. The molecule has 0 rings (SSSR count). The predicted molar refractivity (Wildman–Crippen MR) is 233 cm³/mol. The van der Waals surface area contributed by atoms with Crippen LogP contribution in [0.5, 0.6) is 0 Å². The first-order valence-corrected chi connectivity index (χ1v) is 24.6. The van der Waals surface area contributed by atoms with Crippen molar-refractivity contribution in [3.05, 3.63) is 0 Å². The molecule has 0 fully saturated rings. The minimum Gasteiger partial charge on any atom is -0.466 e. The Morgan fingerprint density at radius 1 is 0.491 bits per heavy atom. The average Bonchev–Trinajstić information content (AvgIpc) is 3.15. The van der Waals surface area contributed by atoms with Crippen molar-refractivity contribution in [2.45, 2.75) is 245 Å². The molecule has 0 saturated heterocycles. The Bertz CT molecular complexity index is 739. The van der Waals surface area contributed by atoms with Crippen molar-refractivity contribution in [1.82, 2.24) is 9.62 Å². The Labute approximate surface area is 335 Å². The number of carbonyl (C=O) groups is 2. The molecule has 0 atom stereocenters. The zero-order valence-electron chi connectivity index (χ0n) is 36.1. The van der Waals surface area contributed by atoms with Crippen LogP contribution in [0.2, 0.25) is 0 Å². The molecule has 0 radical (unpaired) electrons. The Kier molecular flexibility index (Phi) is 43.3. The molecular formula is C46H92N2O4S. The van der Waals surface area contributed by atoms with Gasteiger partial charge >= 0.3 is 11.9 Å². The van der Waals surface area contributed by atoms with Gasteiger partial charge in [0.15, 0.2) is 0 Å². The fourth-order valence-electron chi connectivity index (χ4n) is 7.21. The Morgan fingerprint density at radius 3 is 1.38 bits per heavy atom. The summed E-state index contributed by atoms with van der Waals surface area (Å²) in [5.41, 5.74) is 0. The molecule has 0 saturated carbocycles. The number of hydrogen-bond donors (Lipinski definition) is 1. The average molecular weight is 769 g/mol. The van der Waals surface area contributed by atoms with Crippen LogP contribution < -0.4 is 4.72 Å². The molecule has 0 bridgehead atoms.